The summed E-state index contributed by atoms with van der Waals surface area (Å²) in [5, 5.41) is 0. The van der Waals surface area contributed by atoms with Crippen molar-refractivity contribution in [2.75, 3.05) is 31.1 Å². The van der Waals surface area contributed by atoms with Crippen molar-refractivity contribution in [2.45, 2.75) is 31.5 Å². The smallest absolute Gasteiger partial charge is 0.328 e. The van der Waals surface area contributed by atoms with Crippen LogP contribution in [0.15, 0.2) is 72.8 Å². The van der Waals surface area contributed by atoms with Crippen LogP contribution in [0.25, 0.3) is 0 Å². The lowest BCUT2D eigenvalue weighted by Gasteiger charge is -2.41. The number of anilines is 2. The van der Waals surface area contributed by atoms with Gasteiger partial charge in [0.15, 0.2) is 0 Å². The Labute approximate surface area is 295 Å². The second-order valence-electron chi connectivity index (χ2n) is 12.9. The van der Waals surface area contributed by atoms with Crippen molar-refractivity contribution in [3.63, 3.8) is 0 Å². The van der Waals surface area contributed by atoms with Gasteiger partial charge in [-0.25, -0.2) is 14.6 Å². The third-order valence-electron chi connectivity index (χ3n) is 10.6. The molecule has 0 spiro atoms. The Morgan fingerprint density at radius 1 is 0.600 bits per heavy atom. The van der Waals surface area contributed by atoms with Crippen molar-refractivity contribution in [1.29, 1.82) is 0 Å². The molecule has 50 heavy (non-hydrogen) atoms. The summed E-state index contributed by atoms with van der Waals surface area (Å²) >= 11 is 2.92. The highest BCUT2D eigenvalue weighted by atomic mass is 32.1. The minimum absolute atomic E-state index is 0.316. The van der Waals surface area contributed by atoms with Gasteiger partial charge >= 0.3 is 5.97 Å². The van der Waals surface area contributed by atoms with Gasteiger partial charge in [0, 0.05) is 19.5 Å². The van der Waals surface area contributed by atoms with Crippen molar-refractivity contribution in [2.24, 2.45) is 23.7 Å². The van der Waals surface area contributed by atoms with E-state index < -0.39 is 70.9 Å². The standard InChI is InChI=1S/C37H33N3O8S2/c1-18-6-16-24(49-18)30-26-28(34(43)38(32(26)41)20-8-12-22(46-3)13-9-20)37(36(45)48-5)29-27(31(40(30)37)25-17-7-19(2)50-25)33(42)39(35(29)44)21-10-14-23(47-4)15-11-21/h6-17,26-31H,1-5H3/t26-,27-,28-,29-,30-,31-/m1/s1. The summed E-state index contributed by atoms with van der Waals surface area (Å²) in [4.78, 5) is 81.8. The molecule has 0 saturated carbocycles. The Bertz CT molecular complexity index is 1940. The molecule has 4 saturated heterocycles. The van der Waals surface area contributed by atoms with E-state index in [2.05, 4.69) is 0 Å². The van der Waals surface area contributed by atoms with Gasteiger partial charge in [0.2, 0.25) is 23.6 Å². The largest absolute Gasteiger partial charge is 0.497 e. The van der Waals surface area contributed by atoms with Gasteiger partial charge in [0.05, 0.1) is 68.5 Å². The number of benzene rings is 2. The molecule has 2 aromatic heterocycles. The molecule has 11 nitrogen and oxygen atoms in total. The van der Waals surface area contributed by atoms with Gasteiger partial charge < -0.3 is 14.2 Å². The van der Waals surface area contributed by atoms with Crippen LogP contribution < -0.4 is 19.3 Å². The van der Waals surface area contributed by atoms with Gasteiger partial charge in [-0.1, -0.05) is 0 Å². The van der Waals surface area contributed by atoms with Crippen LogP contribution in [-0.4, -0.2) is 61.4 Å². The molecule has 0 radical (unpaired) electrons. The quantitative estimate of drug-likeness (QED) is 0.191. The number of carbonyl (C=O) groups is 5. The molecule has 6 atom stereocenters. The molecule has 8 rings (SSSR count). The van der Waals surface area contributed by atoms with Crippen molar-refractivity contribution in [3.05, 3.63) is 92.3 Å². The average molecular weight is 712 g/mol. The Kier molecular flexibility index (Phi) is 7.51. The Hall–Kier alpha value is -4.85. The fraction of sp³-hybridized carbons (Fsp3) is 0.324. The summed E-state index contributed by atoms with van der Waals surface area (Å²) in [7, 11) is 4.26. The normalized spacial score (nSPS) is 26.7. The van der Waals surface area contributed by atoms with E-state index in [4.69, 9.17) is 14.2 Å². The third kappa shape index (κ3) is 4.20. The molecular weight excluding hydrogens is 679 g/mol. The zero-order chi connectivity index (χ0) is 35.2. The number of hydrogen-bond acceptors (Lipinski definition) is 11. The van der Waals surface area contributed by atoms with Gasteiger partial charge in [0.25, 0.3) is 0 Å². The van der Waals surface area contributed by atoms with E-state index in [1.807, 2.05) is 43.0 Å². The predicted molar refractivity (Wildman–Crippen MR) is 185 cm³/mol. The Balaban J connectivity index is 1.39. The molecular formula is C37H33N3O8S2. The maximum atomic E-state index is 15.0. The monoisotopic (exact) mass is 711 g/mol. The number of esters is 1. The van der Waals surface area contributed by atoms with Crippen molar-refractivity contribution < 1.29 is 38.2 Å². The first kappa shape index (κ1) is 32.4. The summed E-state index contributed by atoms with van der Waals surface area (Å²) in [5.41, 5.74) is -1.36. The molecule has 0 unspecified atom stereocenters. The SMILES string of the molecule is COC(=O)C12[C@H]3C(=O)N(c4ccc(OC)cc4)C(=O)[C@H]3[C@@H](c3ccc(C)s3)N1[C@H](c1ccc(C)s1)[C@@H]1C(=O)N(c3ccc(OC)cc3)C(=O)[C@@H]12. The van der Waals surface area contributed by atoms with Crippen LogP contribution in [0, 0.1) is 37.5 Å². The second-order valence-corrected chi connectivity index (χ2v) is 15.6. The van der Waals surface area contributed by atoms with Crippen LogP contribution in [0.3, 0.4) is 0 Å². The maximum Gasteiger partial charge on any atom is 0.328 e. The molecule has 2 aromatic carbocycles. The van der Waals surface area contributed by atoms with Gasteiger partial charge in [-0.3, -0.25) is 24.1 Å². The zero-order valence-electron chi connectivity index (χ0n) is 27.8. The molecule has 4 amide bonds. The second kappa shape index (κ2) is 11.6. The van der Waals surface area contributed by atoms with Crippen molar-refractivity contribution >= 4 is 63.6 Å². The van der Waals surface area contributed by atoms with Gasteiger partial charge in [-0.15, -0.1) is 22.7 Å². The Morgan fingerprint density at radius 3 is 1.32 bits per heavy atom. The number of carbonyl (C=O) groups excluding carboxylic acids is 5. The highest BCUT2D eigenvalue weighted by Gasteiger charge is 2.84. The van der Waals surface area contributed by atoms with Gasteiger partial charge in [0.1, 0.15) is 17.0 Å². The number of fused-ring (bicyclic) bond motifs is 5. The number of methoxy groups -OCH3 is 3. The summed E-state index contributed by atoms with van der Waals surface area (Å²) in [5.74, 6) is -6.73. The third-order valence-corrected chi connectivity index (χ3v) is 12.8. The van der Waals surface area contributed by atoms with E-state index in [-0.39, 0.29) is 0 Å². The first-order chi connectivity index (χ1) is 24.1. The van der Waals surface area contributed by atoms with Crippen LogP contribution in [0.4, 0.5) is 11.4 Å². The summed E-state index contributed by atoms with van der Waals surface area (Å²) in [6, 6.07) is 19.1. The minimum atomic E-state index is -1.99. The van der Waals surface area contributed by atoms with Crippen LogP contribution in [0.2, 0.25) is 0 Å². The summed E-state index contributed by atoms with van der Waals surface area (Å²) in [6.45, 7) is 3.89. The predicted octanol–water partition coefficient (Wildman–Crippen LogP) is 5.08. The fourth-order valence-corrected chi connectivity index (χ4v) is 10.8. The summed E-state index contributed by atoms with van der Waals surface area (Å²) < 4.78 is 16.2. The van der Waals surface area contributed by atoms with Crippen LogP contribution in [-0.2, 0) is 28.7 Å². The topological polar surface area (TPSA) is 123 Å². The van der Waals surface area contributed by atoms with Crippen molar-refractivity contribution in [3.8, 4) is 11.5 Å². The number of amides is 4. The molecule has 13 heteroatoms. The molecule has 4 aliphatic rings. The number of nitrogens with zero attached hydrogens (tertiary/aromatic N) is 3. The Morgan fingerprint density at radius 2 is 1.00 bits per heavy atom. The number of imide groups is 2. The molecule has 256 valence electrons. The highest BCUT2D eigenvalue weighted by Crippen LogP contribution is 2.70. The molecule has 4 fully saturated rings. The van der Waals surface area contributed by atoms with E-state index in [0.29, 0.717) is 22.9 Å². The first-order valence-electron chi connectivity index (χ1n) is 16.1. The minimum Gasteiger partial charge on any atom is -0.497 e. The molecule has 0 aliphatic carbocycles. The first-order valence-corrected chi connectivity index (χ1v) is 17.7. The van der Waals surface area contributed by atoms with Crippen LogP contribution in [0.5, 0.6) is 11.5 Å². The van der Waals surface area contributed by atoms with Crippen LogP contribution in [0.1, 0.15) is 31.6 Å². The van der Waals surface area contributed by atoms with E-state index in [0.717, 1.165) is 29.3 Å². The number of ether oxygens (including phenoxy) is 3. The number of rotatable bonds is 7. The summed E-state index contributed by atoms with van der Waals surface area (Å²) in [6.07, 6.45) is 0. The van der Waals surface area contributed by atoms with Crippen molar-refractivity contribution in [1.82, 2.24) is 4.90 Å². The number of hydrogen-bond donors (Lipinski definition) is 0. The van der Waals surface area contributed by atoms with E-state index in [1.54, 1.807) is 48.5 Å². The highest BCUT2D eigenvalue weighted by molar-refractivity contribution is 7.12. The lowest BCUT2D eigenvalue weighted by atomic mass is 9.69. The lowest BCUT2D eigenvalue weighted by molar-refractivity contribution is -0.162. The van der Waals surface area contributed by atoms with Gasteiger partial charge in [-0.05, 0) is 86.6 Å². The number of aryl methyl sites for hydroxylation is 2. The average Bonchev–Trinajstić information content (AvgIpc) is 3.95. The van der Waals surface area contributed by atoms with E-state index >= 15 is 0 Å². The molecule has 0 bridgehead atoms. The van der Waals surface area contributed by atoms with Crippen LogP contribution >= 0.6 is 22.7 Å². The van der Waals surface area contributed by atoms with E-state index in [1.165, 1.54) is 44.0 Å². The molecule has 0 N–H and O–H groups in total. The maximum absolute atomic E-state index is 15.0. The van der Waals surface area contributed by atoms with Gasteiger partial charge in [-0.2, -0.15) is 0 Å². The number of thiophene rings is 2. The fourth-order valence-electron chi connectivity index (χ4n) is 8.79. The zero-order valence-corrected chi connectivity index (χ0v) is 29.4. The molecule has 4 aliphatic heterocycles. The molecule has 4 aromatic rings. The molecule has 6 heterocycles. The lowest BCUT2D eigenvalue weighted by Crippen LogP contribution is -2.60. The van der Waals surface area contributed by atoms with E-state index in [9.17, 15) is 24.0 Å².